The fourth-order valence-corrected chi connectivity index (χ4v) is 1.44. The van der Waals surface area contributed by atoms with Crippen LogP contribution in [0.3, 0.4) is 0 Å². The van der Waals surface area contributed by atoms with Crippen molar-refractivity contribution in [3.05, 3.63) is 18.7 Å². The minimum Gasteiger partial charge on any atom is -0.333 e. The van der Waals surface area contributed by atoms with Gasteiger partial charge in [0, 0.05) is 25.0 Å². The van der Waals surface area contributed by atoms with E-state index in [1.807, 2.05) is 18.7 Å². The van der Waals surface area contributed by atoms with Gasteiger partial charge in [0.05, 0.1) is 6.33 Å². The van der Waals surface area contributed by atoms with Crippen LogP contribution in [-0.4, -0.2) is 22.6 Å². The van der Waals surface area contributed by atoms with Crippen LogP contribution in [0.1, 0.15) is 26.8 Å². The molecule has 0 aliphatic heterocycles. The molecule has 3 heteroatoms. The summed E-state index contributed by atoms with van der Waals surface area (Å²) in [5.74, 6) is 0.633. The van der Waals surface area contributed by atoms with Gasteiger partial charge in [-0.1, -0.05) is 20.8 Å². The van der Waals surface area contributed by atoms with Crippen molar-refractivity contribution >= 4 is 0 Å². The molecule has 0 radical (unpaired) electrons. The van der Waals surface area contributed by atoms with Gasteiger partial charge in [-0.25, -0.2) is 4.98 Å². The third-order valence-corrected chi connectivity index (χ3v) is 2.28. The van der Waals surface area contributed by atoms with Gasteiger partial charge in [0.1, 0.15) is 0 Å². The molecule has 1 rings (SSSR count). The first-order chi connectivity index (χ1) is 6.25. The molecular weight excluding hydrogens is 162 g/mol. The molecule has 0 bridgehead atoms. The lowest BCUT2D eigenvalue weighted by molar-refractivity contribution is 0.359. The first kappa shape index (κ1) is 10.3. The van der Waals surface area contributed by atoms with Gasteiger partial charge in [-0.15, -0.1) is 0 Å². The lowest BCUT2D eigenvalue weighted by Gasteiger charge is -2.22. The molecule has 0 spiro atoms. The molecule has 1 heterocycles. The number of rotatable bonds is 5. The van der Waals surface area contributed by atoms with Gasteiger partial charge in [0.2, 0.25) is 0 Å². The fraction of sp³-hybridized carbons (Fsp3) is 0.700. The molecule has 0 aliphatic carbocycles. The van der Waals surface area contributed by atoms with E-state index in [-0.39, 0.29) is 0 Å². The summed E-state index contributed by atoms with van der Waals surface area (Å²) in [5, 5.41) is 3.37. The van der Waals surface area contributed by atoms with Crippen molar-refractivity contribution < 1.29 is 0 Å². The Morgan fingerprint density at radius 3 is 2.69 bits per heavy atom. The smallest absolute Gasteiger partial charge is 0.0949 e. The highest BCUT2D eigenvalue weighted by molar-refractivity contribution is 4.83. The number of likely N-dealkylation sites (N-methyl/N-ethyl adjacent to an activating group) is 1. The average molecular weight is 181 g/mol. The summed E-state index contributed by atoms with van der Waals surface area (Å²) in [6.45, 7) is 8.65. The van der Waals surface area contributed by atoms with Crippen LogP contribution in [0.5, 0.6) is 0 Å². The van der Waals surface area contributed by atoms with E-state index in [0.29, 0.717) is 12.0 Å². The number of hydrogen-bond donors (Lipinski definition) is 1. The molecule has 0 saturated heterocycles. The summed E-state index contributed by atoms with van der Waals surface area (Å²) in [7, 11) is 0. The van der Waals surface area contributed by atoms with Crippen molar-refractivity contribution in [1.29, 1.82) is 0 Å². The van der Waals surface area contributed by atoms with Gasteiger partial charge in [0.15, 0.2) is 0 Å². The monoisotopic (exact) mass is 181 g/mol. The standard InChI is InChI=1S/C10H19N3/c1-4-11-7-10(9(2)3)13-6-5-12-8-13/h5-6,8-11H,4,7H2,1-3H3. The zero-order valence-electron chi connectivity index (χ0n) is 8.70. The van der Waals surface area contributed by atoms with Crippen molar-refractivity contribution in [2.24, 2.45) is 5.92 Å². The van der Waals surface area contributed by atoms with Crippen LogP contribution in [0.25, 0.3) is 0 Å². The molecule has 1 N–H and O–H groups in total. The highest BCUT2D eigenvalue weighted by Crippen LogP contribution is 2.15. The van der Waals surface area contributed by atoms with Crippen molar-refractivity contribution in [1.82, 2.24) is 14.9 Å². The zero-order chi connectivity index (χ0) is 9.68. The van der Waals surface area contributed by atoms with E-state index >= 15 is 0 Å². The van der Waals surface area contributed by atoms with Crippen LogP contribution in [0.4, 0.5) is 0 Å². The zero-order valence-corrected chi connectivity index (χ0v) is 8.70. The molecule has 1 atom stereocenters. The number of hydrogen-bond acceptors (Lipinski definition) is 2. The predicted octanol–water partition coefficient (Wildman–Crippen LogP) is 1.69. The Morgan fingerprint density at radius 1 is 1.46 bits per heavy atom. The Bertz CT molecular complexity index is 216. The lowest BCUT2D eigenvalue weighted by Crippen LogP contribution is -2.28. The lowest BCUT2D eigenvalue weighted by atomic mass is 10.0. The minimum atomic E-state index is 0.516. The highest BCUT2D eigenvalue weighted by Gasteiger charge is 2.13. The Hall–Kier alpha value is -0.830. The van der Waals surface area contributed by atoms with E-state index in [9.17, 15) is 0 Å². The molecule has 0 aliphatic rings. The van der Waals surface area contributed by atoms with Crippen molar-refractivity contribution in [2.45, 2.75) is 26.8 Å². The van der Waals surface area contributed by atoms with E-state index in [4.69, 9.17) is 0 Å². The molecule has 1 aromatic rings. The second kappa shape index (κ2) is 5.02. The number of imidazole rings is 1. The maximum absolute atomic E-state index is 4.07. The van der Waals surface area contributed by atoms with Gasteiger partial charge in [-0.3, -0.25) is 0 Å². The molecule has 1 aromatic heterocycles. The highest BCUT2D eigenvalue weighted by atomic mass is 15.1. The van der Waals surface area contributed by atoms with Crippen LogP contribution >= 0.6 is 0 Å². The summed E-state index contributed by atoms with van der Waals surface area (Å²) < 4.78 is 2.17. The Kier molecular flexibility index (Phi) is 3.96. The largest absolute Gasteiger partial charge is 0.333 e. The van der Waals surface area contributed by atoms with Crippen molar-refractivity contribution in [2.75, 3.05) is 13.1 Å². The first-order valence-corrected chi connectivity index (χ1v) is 4.93. The summed E-state index contributed by atoms with van der Waals surface area (Å²) in [6, 6.07) is 0.516. The molecular formula is C10H19N3. The van der Waals surface area contributed by atoms with E-state index in [0.717, 1.165) is 13.1 Å². The summed E-state index contributed by atoms with van der Waals surface area (Å²) in [4.78, 5) is 4.07. The van der Waals surface area contributed by atoms with Crippen LogP contribution < -0.4 is 5.32 Å². The Morgan fingerprint density at radius 2 is 2.23 bits per heavy atom. The van der Waals surface area contributed by atoms with E-state index < -0.39 is 0 Å². The van der Waals surface area contributed by atoms with Crippen molar-refractivity contribution in [3.63, 3.8) is 0 Å². The van der Waals surface area contributed by atoms with Gasteiger partial charge < -0.3 is 9.88 Å². The molecule has 3 nitrogen and oxygen atoms in total. The Labute approximate surface area is 80.2 Å². The number of aromatic nitrogens is 2. The van der Waals surface area contributed by atoms with E-state index in [1.54, 1.807) is 0 Å². The maximum Gasteiger partial charge on any atom is 0.0949 e. The topological polar surface area (TPSA) is 29.9 Å². The van der Waals surface area contributed by atoms with Crippen LogP contribution in [0.2, 0.25) is 0 Å². The maximum atomic E-state index is 4.07. The van der Waals surface area contributed by atoms with Crippen LogP contribution in [0, 0.1) is 5.92 Å². The number of nitrogens with one attached hydrogen (secondary N) is 1. The van der Waals surface area contributed by atoms with Gasteiger partial charge in [-0.2, -0.15) is 0 Å². The second-order valence-corrected chi connectivity index (χ2v) is 3.63. The second-order valence-electron chi connectivity index (χ2n) is 3.63. The molecule has 1 unspecified atom stereocenters. The molecule has 13 heavy (non-hydrogen) atoms. The van der Waals surface area contributed by atoms with Gasteiger partial charge >= 0.3 is 0 Å². The Balaban J connectivity index is 2.58. The minimum absolute atomic E-state index is 0.516. The average Bonchev–Trinajstić information content (AvgIpc) is 2.57. The molecule has 0 fully saturated rings. The third kappa shape index (κ3) is 2.84. The normalized spacial score (nSPS) is 13.5. The van der Waals surface area contributed by atoms with E-state index in [2.05, 4.69) is 35.6 Å². The predicted molar refractivity (Wildman–Crippen MR) is 54.6 cm³/mol. The van der Waals surface area contributed by atoms with Gasteiger partial charge in [-0.05, 0) is 12.5 Å². The third-order valence-electron chi connectivity index (χ3n) is 2.28. The molecule has 74 valence electrons. The summed E-state index contributed by atoms with van der Waals surface area (Å²) in [6.07, 6.45) is 5.76. The molecule has 0 amide bonds. The molecule has 0 aromatic carbocycles. The number of nitrogens with zero attached hydrogens (tertiary/aromatic N) is 2. The van der Waals surface area contributed by atoms with E-state index in [1.165, 1.54) is 0 Å². The van der Waals surface area contributed by atoms with Crippen molar-refractivity contribution in [3.8, 4) is 0 Å². The van der Waals surface area contributed by atoms with Gasteiger partial charge in [0.25, 0.3) is 0 Å². The summed E-state index contributed by atoms with van der Waals surface area (Å²) >= 11 is 0. The quantitative estimate of drug-likeness (QED) is 0.749. The first-order valence-electron chi connectivity index (χ1n) is 4.93. The molecule has 0 saturated carbocycles. The van der Waals surface area contributed by atoms with Crippen LogP contribution in [0.15, 0.2) is 18.7 Å². The van der Waals surface area contributed by atoms with Crippen LogP contribution in [-0.2, 0) is 0 Å². The SMILES string of the molecule is CCNCC(C(C)C)n1ccnc1. The fourth-order valence-electron chi connectivity index (χ4n) is 1.44. The summed E-state index contributed by atoms with van der Waals surface area (Å²) in [5.41, 5.74) is 0.